The third-order valence-corrected chi connectivity index (χ3v) is 2.72. The van der Waals surface area contributed by atoms with Crippen LogP contribution in [0.1, 0.15) is 11.7 Å². The number of carbonyl (C=O) groups is 1. The van der Waals surface area contributed by atoms with Crippen LogP contribution in [0.15, 0.2) is 54.6 Å². The molecule has 92 valence electrons. The fourth-order valence-corrected chi connectivity index (χ4v) is 1.79. The first-order valence-corrected chi connectivity index (χ1v) is 5.52. The van der Waals surface area contributed by atoms with Gasteiger partial charge in [-0.2, -0.15) is 0 Å². The maximum Gasteiger partial charge on any atom is 0.253 e. The van der Waals surface area contributed by atoms with Gasteiger partial charge < -0.3 is 5.73 Å². The molecule has 0 aliphatic rings. The normalized spacial score (nSPS) is 12.1. The monoisotopic (exact) mass is 242 g/mol. The van der Waals surface area contributed by atoms with Crippen LogP contribution in [0.2, 0.25) is 0 Å². The number of nitrogens with two attached hydrogens (primary N) is 2. The van der Waals surface area contributed by atoms with Crippen molar-refractivity contribution in [2.45, 2.75) is 6.10 Å². The Morgan fingerprint density at radius 2 is 1.50 bits per heavy atom. The average molecular weight is 242 g/mol. The van der Waals surface area contributed by atoms with Crippen LogP contribution in [-0.2, 0) is 9.63 Å². The summed E-state index contributed by atoms with van der Waals surface area (Å²) in [6, 6.07) is 17.3. The van der Waals surface area contributed by atoms with Gasteiger partial charge in [0, 0.05) is 0 Å². The summed E-state index contributed by atoms with van der Waals surface area (Å²) in [7, 11) is 0. The van der Waals surface area contributed by atoms with Gasteiger partial charge in [-0.1, -0.05) is 54.6 Å². The van der Waals surface area contributed by atoms with E-state index in [4.69, 9.17) is 11.6 Å². The van der Waals surface area contributed by atoms with Crippen molar-refractivity contribution >= 4 is 5.91 Å². The Kier molecular flexibility index (Phi) is 3.72. The molecule has 0 heterocycles. The zero-order valence-corrected chi connectivity index (χ0v) is 9.74. The zero-order valence-electron chi connectivity index (χ0n) is 9.74. The Labute approximate surface area is 105 Å². The highest BCUT2D eigenvalue weighted by molar-refractivity contribution is 5.80. The fourth-order valence-electron chi connectivity index (χ4n) is 1.79. The number of hydrogen-bond acceptors (Lipinski definition) is 3. The molecule has 0 fully saturated rings. The largest absolute Gasteiger partial charge is 0.367 e. The molecule has 2 rings (SSSR count). The second-order valence-corrected chi connectivity index (χ2v) is 3.91. The van der Waals surface area contributed by atoms with E-state index < -0.39 is 12.0 Å². The van der Waals surface area contributed by atoms with Crippen LogP contribution in [0.25, 0.3) is 11.1 Å². The molecule has 0 radical (unpaired) electrons. The average Bonchev–Trinajstić information content (AvgIpc) is 2.41. The summed E-state index contributed by atoms with van der Waals surface area (Å²) in [6.07, 6.45) is -0.908. The van der Waals surface area contributed by atoms with Crippen LogP contribution in [0.5, 0.6) is 0 Å². The van der Waals surface area contributed by atoms with E-state index in [1.807, 2.05) is 42.5 Å². The maximum absolute atomic E-state index is 11.1. The topological polar surface area (TPSA) is 78.3 Å². The van der Waals surface area contributed by atoms with E-state index in [0.29, 0.717) is 5.56 Å². The molecule has 0 saturated carbocycles. The number of amides is 1. The molecule has 1 unspecified atom stereocenters. The minimum atomic E-state index is -0.908. The minimum Gasteiger partial charge on any atom is -0.367 e. The quantitative estimate of drug-likeness (QED) is 0.802. The van der Waals surface area contributed by atoms with E-state index >= 15 is 0 Å². The van der Waals surface area contributed by atoms with Crippen LogP contribution in [0.4, 0.5) is 0 Å². The van der Waals surface area contributed by atoms with Crippen LogP contribution < -0.4 is 11.6 Å². The summed E-state index contributed by atoms with van der Waals surface area (Å²) in [4.78, 5) is 15.7. The lowest BCUT2D eigenvalue weighted by atomic mass is 10.0. The van der Waals surface area contributed by atoms with E-state index in [0.717, 1.165) is 11.1 Å². The van der Waals surface area contributed by atoms with Gasteiger partial charge in [0.25, 0.3) is 5.91 Å². The summed E-state index contributed by atoms with van der Waals surface area (Å²) >= 11 is 0. The summed E-state index contributed by atoms with van der Waals surface area (Å²) in [5.41, 5.74) is 7.99. The number of rotatable bonds is 4. The third kappa shape index (κ3) is 2.56. The molecule has 1 amide bonds. The maximum atomic E-state index is 11.1. The van der Waals surface area contributed by atoms with Gasteiger partial charge in [-0.25, -0.2) is 5.90 Å². The van der Waals surface area contributed by atoms with Crippen LogP contribution in [0, 0.1) is 0 Å². The number of primary amides is 1. The Morgan fingerprint density at radius 3 is 2.00 bits per heavy atom. The molecule has 4 nitrogen and oxygen atoms in total. The summed E-state index contributed by atoms with van der Waals surface area (Å²) in [6.45, 7) is 0. The smallest absolute Gasteiger partial charge is 0.253 e. The first kappa shape index (κ1) is 12.3. The van der Waals surface area contributed by atoms with Crippen molar-refractivity contribution in [1.29, 1.82) is 0 Å². The summed E-state index contributed by atoms with van der Waals surface area (Å²) < 4.78 is 0. The van der Waals surface area contributed by atoms with Gasteiger partial charge in [-0.05, 0) is 16.7 Å². The van der Waals surface area contributed by atoms with Gasteiger partial charge in [0.15, 0.2) is 6.10 Å². The standard InChI is InChI=1S/C14H14N2O2/c15-14(17)13(18-16)12-8-6-11(7-9-12)10-4-2-1-3-5-10/h1-9,13H,16H2,(H2,15,17). The Morgan fingerprint density at radius 1 is 0.944 bits per heavy atom. The van der Waals surface area contributed by atoms with Crippen molar-refractivity contribution in [1.82, 2.24) is 0 Å². The molecule has 0 spiro atoms. The van der Waals surface area contributed by atoms with Crippen LogP contribution in [0.3, 0.4) is 0 Å². The predicted octanol–water partition coefficient (Wildman–Crippen LogP) is 1.77. The highest BCUT2D eigenvalue weighted by atomic mass is 16.6. The zero-order chi connectivity index (χ0) is 13.0. The molecule has 18 heavy (non-hydrogen) atoms. The second-order valence-electron chi connectivity index (χ2n) is 3.91. The Bertz CT molecular complexity index is 523. The second kappa shape index (κ2) is 5.44. The van der Waals surface area contributed by atoms with E-state index in [-0.39, 0.29) is 0 Å². The fraction of sp³-hybridized carbons (Fsp3) is 0.0714. The Balaban J connectivity index is 2.28. The van der Waals surface area contributed by atoms with Gasteiger partial charge in [-0.3, -0.25) is 9.63 Å². The van der Waals surface area contributed by atoms with Gasteiger partial charge in [-0.15, -0.1) is 0 Å². The molecular weight excluding hydrogens is 228 g/mol. The molecule has 4 heteroatoms. The lowest BCUT2D eigenvalue weighted by molar-refractivity contribution is -0.130. The van der Waals surface area contributed by atoms with Crippen molar-refractivity contribution in [3.63, 3.8) is 0 Å². The molecule has 0 saturated heterocycles. The molecule has 0 aromatic heterocycles. The van der Waals surface area contributed by atoms with Crippen LogP contribution >= 0.6 is 0 Å². The highest BCUT2D eigenvalue weighted by Crippen LogP contribution is 2.22. The number of benzene rings is 2. The molecule has 0 bridgehead atoms. The SMILES string of the molecule is NOC(C(N)=O)c1ccc(-c2ccccc2)cc1. The minimum absolute atomic E-state index is 0.607. The number of carbonyl (C=O) groups excluding carboxylic acids is 1. The third-order valence-electron chi connectivity index (χ3n) is 2.72. The Hall–Kier alpha value is -2.17. The van der Waals surface area contributed by atoms with Crippen molar-refractivity contribution in [2.24, 2.45) is 11.6 Å². The lowest BCUT2D eigenvalue weighted by Crippen LogP contribution is -2.25. The molecular formula is C14H14N2O2. The number of hydrogen-bond donors (Lipinski definition) is 2. The first-order valence-electron chi connectivity index (χ1n) is 5.52. The van der Waals surface area contributed by atoms with Gasteiger partial charge in [0.2, 0.25) is 0 Å². The molecule has 0 aliphatic heterocycles. The van der Waals surface area contributed by atoms with Crippen molar-refractivity contribution in [3.05, 3.63) is 60.2 Å². The summed E-state index contributed by atoms with van der Waals surface area (Å²) in [5.74, 6) is 4.45. The van der Waals surface area contributed by atoms with Crippen molar-refractivity contribution in [3.8, 4) is 11.1 Å². The molecule has 2 aromatic carbocycles. The molecule has 0 aliphatic carbocycles. The van der Waals surface area contributed by atoms with Gasteiger partial charge in [0.1, 0.15) is 0 Å². The van der Waals surface area contributed by atoms with Crippen molar-refractivity contribution in [2.75, 3.05) is 0 Å². The van der Waals surface area contributed by atoms with E-state index in [1.54, 1.807) is 12.1 Å². The van der Waals surface area contributed by atoms with Gasteiger partial charge in [0.05, 0.1) is 0 Å². The van der Waals surface area contributed by atoms with E-state index in [9.17, 15) is 4.79 Å². The molecule has 1 atom stereocenters. The van der Waals surface area contributed by atoms with E-state index in [1.165, 1.54) is 0 Å². The first-order chi connectivity index (χ1) is 8.72. The van der Waals surface area contributed by atoms with Crippen molar-refractivity contribution < 1.29 is 9.63 Å². The predicted molar refractivity (Wildman–Crippen MR) is 69.1 cm³/mol. The molecule has 4 N–H and O–H groups in total. The summed E-state index contributed by atoms with van der Waals surface area (Å²) in [5, 5.41) is 0. The van der Waals surface area contributed by atoms with Gasteiger partial charge >= 0.3 is 0 Å². The molecule has 2 aromatic rings. The van der Waals surface area contributed by atoms with Crippen LogP contribution in [-0.4, -0.2) is 5.91 Å². The van der Waals surface area contributed by atoms with E-state index in [2.05, 4.69) is 4.84 Å². The lowest BCUT2D eigenvalue weighted by Gasteiger charge is -2.11. The highest BCUT2D eigenvalue weighted by Gasteiger charge is 2.17.